The second-order valence-electron chi connectivity index (χ2n) is 4.61. The van der Waals surface area contributed by atoms with Crippen LogP contribution in [0.2, 0.25) is 0 Å². The summed E-state index contributed by atoms with van der Waals surface area (Å²) in [5.41, 5.74) is 1.26. The molecule has 16 heavy (non-hydrogen) atoms. The maximum Gasteiger partial charge on any atom is 0.123 e. The van der Waals surface area contributed by atoms with Crippen molar-refractivity contribution in [1.82, 2.24) is 5.32 Å². The second kappa shape index (κ2) is 5.35. The van der Waals surface area contributed by atoms with E-state index in [1.807, 2.05) is 12.1 Å². The van der Waals surface area contributed by atoms with E-state index in [-0.39, 0.29) is 0 Å². The van der Waals surface area contributed by atoms with Crippen LogP contribution in [-0.2, 0) is 0 Å². The van der Waals surface area contributed by atoms with Crippen LogP contribution >= 0.6 is 0 Å². The van der Waals surface area contributed by atoms with Crippen molar-refractivity contribution in [3.63, 3.8) is 0 Å². The Kier molecular flexibility index (Phi) is 3.83. The van der Waals surface area contributed by atoms with E-state index in [4.69, 9.17) is 4.74 Å². The summed E-state index contributed by atoms with van der Waals surface area (Å²) in [4.78, 5) is 0. The maximum atomic E-state index is 5.39. The Morgan fingerprint density at radius 3 is 2.62 bits per heavy atom. The fourth-order valence-corrected chi connectivity index (χ4v) is 2.56. The number of rotatable bonds is 4. The lowest BCUT2D eigenvalue weighted by atomic mass is 10.1. The molecule has 0 radical (unpaired) electrons. The molecular weight excluding hydrogens is 198 g/mol. The predicted molar refractivity (Wildman–Crippen MR) is 66.8 cm³/mol. The third kappa shape index (κ3) is 2.56. The van der Waals surface area contributed by atoms with Crippen LogP contribution in [0.5, 0.6) is 5.75 Å². The lowest BCUT2D eigenvalue weighted by molar-refractivity contribution is 0.393. The van der Waals surface area contributed by atoms with Gasteiger partial charge in [-0.3, -0.25) is 0 Å². The maximum absolute atomic E-state index is 5.39. The van der Waals surface area contributed by atoms with Crippen molar-refractivity contribution in [2.45, 2.75) is 44.7 Å². The van der Waals surface area contributed by atoms with Gasteiger partial charge in [0.2, 0.25) is 0 Å². The van der Waals surface area contributed by atoms with Gasteiger partial charge in [-0.05, 0) is 25.8 Å². The Morgan fingerprint density at radius 2 is 1.94 bits per heavy atom. The monoisotopic (exact) mass is 219 g/mol. The van der Waals surface area contributed by atoms with Crippen molar-refractivity contribution >= 4 is 0 Å². The molecule has 1 aliphatic rings. The molecular formula is C14H21NO. The number of benzene rings is 1. The highest BCUT2D eigenvalue weighted by Gasteiger charge is 2.18. The molecule has 0 amide bonds. The van der Waals surface area contributed by atoms with Crippen molar-refractivity contribution in [2.24, 2.45) is 0 Å². The van der Waals surface area contributed by atoms with Gasteiger partial charge in [0, 0.05) is 17.6 Å². The Balaban J connectivity index is 2.04. The van der Waals surface area contributed by atoms with Gasteiger partial charge in [-0.1, -0.05) is 31.0 Å². The summed E-state index contributed by atoms with van der Waals surface area (Å²) in [7, 11) is 1.74. The van der Waals surface area contributed by atoms with Crippen LogP contribution in [0, 0.1) is 0 Å². The first-order chi connectivity index (χ1) is 7.81. The van der Waals surface area contributed by atoms with Gasteiger partial charge >= 0.3 is 0 Å². The predicted octanol–water partition coefficient (Wildman–Crippen LogP) is 3.29. The Labute approximate surface area is 98.0 Å². The van der Waals surface area contributed by atoms with Crippen LogP contribution in [0.1, 0.15) is 44.2 Å². The highest BCUT2D eigenvalue weighted by molar-refractivity contribution is 5.35. The fraction of sp³-hybridized carbons (Fsp3) is 0.571. The fourth-order valence-electron chi connectivity index (χ4n) is 2.56. The molecule has 0 heterocycles. The van der Waals surface area contributed by atoms with Crippen molar-refractivity contribution < 1.29 is 4.74 Å². The second-order valence-corrected chi connectivity index (χ2v) is 4.61. The Hall–Kier alpha value is -1.02. The van der Waals surface area contributed by atoms with E-state index in [0.29, 0.717) is 12.1 Å². The quantitative estimate of drug-likeness (QED) is 0.839. The number of hydrogen-bond donors (Lipinski definition) is 1. The van der Waals surface area contributed by atoms with Crippen LogP contribution < -0.4 is 10.1 Å². The topological polar surface area (TPSA) is 21.3 Å². The minimum atomic E-state index is 0.374. The standard InChI is InChI=1S/C14H21NO/c1-11(15-12-7-3-4-8-12)13-9-5-6-10-14(13)16-2/h5-6,9-12,15H,3-4,7-8H2,1-2H3/t11-/m1/s1. The van der Waals surface area contributed by atoms with Gasteiger partial charge < -0.3 is 10.1 Å². The van der Waals surface area contributed by atoms with Crippen LogP contribution in [0.15, 0.2) is 24.3 Å². The van der Waals surface area contributed by atoms with Gasteiger partial charge in [0.05, 0.1) is 7.11 Å². The minimum absolute atomic E-state index is 0.374. The average molecular weight is 219 g/mol. The van der Waals surface area contributed by atoms with Crippen LogP contribution in [0.25, 0.3) is 0 Å². The van der Waals surface area contributed by atoms with Crippen LogP contribution in [0.3, 0.4) is 0 Å². The summed E-state index contributed by atoms with van der Waals surface area (Å²) in [6.45, 7) is 2.22. The number of ether oxygens (including phenoxy) is 1. The van der Waals surface area contributed by atoms with Crippen molar-refractivity contribution in [3.05, 3.63) is 29.8 Å². The molecule has 1 N–H and O–H groups in total. The molecule has 2 nitrogen and oxygen atoms in total. The van der Waals surface area contributed by atoms with E-state index in [1.54, 1.807) is 7.11 Å². The van der Waals surface area contributed by atoms with Crippen LogP contribution in [-0.4, -0.2) is 13.2 Å². The highest BCUT2D eigenvalue weighted by Crippen LogP contribution is 2.27. The molecule has 1 fully saturated rings. The summed E-state index contributed by atoms with van der Waals surface area (Å²) < 4.78 is 5.39. The van der Waals surface area contributed by atoms with Gasteiger partial charge in [-0.25, -0.2) is 0 Å². The normalized spacial score (nSPS) is 18.6. The number of methoxy groups -OCH3 is 1. The lowest BCUT2D eigenvalue weighted by Crippen LogP contribution is -2.29. The third-order valence-corrected chi connectivity index (χ3v) is 3.45. The van der Waals surface area contributed by atoms with Gasteiger partial charge in [0.1, 0.15) is 5.75 Å². The van der Waals surface area contributed by atoms with Gasteiger partial charge in [0.15, 0.2) is 0 Å². The van der Waals surface area contributed by atoms with Crippen molar-refractivity contribution in [3.8, 4) is 5.75 Å². The molecule has 1 aromatic rings. The highest BCUT2D eigenvalue weighted by atomic mass is 16.5. The largest absolute Gasteiger partial charge is 0.496 e. The summed E-state index contributed by atoms with van der Waals surface area (Å²) in [6.07, 6.45) is 5.38. The smallest absolute Gasteiger partial charge is 0.123 e. The first kappa shape index (κ1) is 11.5. The summed E-state index contributed by atoms with van der Waals surface area (Å²) in [6, 6.07) is 9.34. The van der Waals surface area contributed by atoms with Crippen molar-refractivity contribution in [2.75, 3.05) is 7.11 Å². The summed E-state index contributed by atoms with van der Waals surface area (Å²) in [5, 5.41) is 3.69. The minimum Gasteiger partial charge on any atom is -0.496 e. The van der Waals surface area contributed by atoms with E-state index in [9.17, 15) is 0 Å². The van der Waals surface area contributed by atoms with E-state index >= 15 is 0 Å². The molecule has 0 aromatic heterocycles. The summed E-state index contributed by atoms with van der Waals surface area (Å²) in [5.74, 6) is 0.987. The molecule has 1 aromatic carbocycles. The number of nitrogens with one attached hydrogen (secondary N) is 1. The van der Waals surface area contributed by atoms with E-state index in [1.165, 1.54) is 31.2 Å². The molecule has 0 saturated heterocycles. The van der Waals surface area contributed by atoms with Gasteiger partial charge in [0.25, 0.3) is 0 Å². The van der Waals surface area contributed by atoms with E-state index in [0.717, 1.165) is 5.75 Å². The number of hydrogen-bond acceptors (Lipinski definition) is 2. The first-order valence-corrected chi connectivity index (χ1v) is 6.20. The average Bonchev–Trinajstić information content (AvgIpc) is 2.81. The van der Waals surface area contributed by atoms with Gasteiger partial charge in [-0.2, -0.15) is 0 Å². The van der Waals surface area contributed by atoms with Crippen molar-refractivity contribution in [1.29, 1.82) is 0 Å². The van der Waals surface area contributed by atoms with E-state index in [2.05, 4.69) is 24.4 Å². The molecule has 2 rings (SSSR count). The van der Waals surface area contributed by atoms with Gasteiger partial charge in [-0.15, -0.1) is 0 Å². The molecule has 88 valence electrons. The molecule has 1 atom stereocenters. The third-order valence-electron chi connectivity index (χ3n) is 3.45. The zero-order valence-electron chi connectivity index (χ0n) is 10.2. The SMILES string of the molecule is COc1ccccc1[C@@H](C)NC1CCCC1. The zero-order valence-corrected chi connectivity index (χ0v) is 10.2. The first-order valence-electron chi connectivity index (χ1n) is 6.20. The molecule has 0 unspecified atom stereocenters. The molecule has 0 bridgehead atoms. The Bertz CT molecular complexity index is 331. The molecule has 2 heteroatoms. The zero-order chi connectivity index (χ0) is 11.4. The molecule has 1 aliphatic carbocycles. The summed E-state index contributed by atoms with van der Waals surface area (Å²) >= 11 is 0. The molecule has 1 saturated carbocycles. The lowest BCUT2D eigenvalue weighted by Gasteiger charge is -2.21. The molecule has 0 aliphatic heterocycles. The van der Waals surface area contributed by atoms with Crippen LogP contribution in [0.4, 0.5) is 0 Å². The molecule has 0 spiro atoms. The Morgan fingerprint density at radius 1 is 1.25 bits per heavy atom. The number of para-hydroxylation sites is 1. The van der Waals surface area contributed by atoms with E-state index < -0.39 is 0 Å².